The minimum absolute atomic E-state index is 0.0781. The fourth-order valence-corrected chi connectivity index (χ4v) is 2.97. The largest absolute Gasteiger partial charge is 0.358 e. The van der Waals surface area contributed by atoms with Crippen LogP contribution in [0.3, 0.4) is 0 Å². The van der Waals surface area contributed by atoms with Gasteiger partial charge in [0.25, 0.3) is 0 Å². The molecule has 0 bridgehead atoms. The third-order valence-electron chi connectivity index (χ3n) is 3.83. The monoisotopic (exact) mass is 329 g/mol. The third kappa shape index (κ3) is 5.15. The quantitative estimate of drug-likeness (QED) is 0.871. The number of nitrogens with zero attached hydrogens (tertiary/aromatic N) is 1. The van der Waals surface area contributed by atoms with Gasteiger partial charge in [0.1, 0.15) is 0 Å². The van der Waals surface area contributed by atoms with Crippen molar-refractivity contribution < 1.29 is 4.79 Å². The lowest BCUT2D eigenvalue weighted by atomic mass is 10.0. The number of nitrogens with one attached hydrogen (secondary N) is 2. The highest BCUT2D eigenvalue weighted by molar-refractivity contribution is 6.35. The van der Waals surface area contributed by atoms with E-state index in [1.807, 2.05) is 12.1 Å². The molecular weight excluding hydrogens is 309 g/mol. The molecule has 6 heteroatoms. The maximum Gasteiger partial charge on any atom is 0.233 e. The molecule has 2 rings (SSSR count). The number of carbonyl (C=O) groups is 1. The fourth-order valence-electron chi connectivity index (χ4n) is 2.50. The summed E-state index contributed by atoms with van der Waals surface area (Å²) in [5, 5.41) is 7.55. The second-order valence-electron chi connectivity index (χ2n) is 5.34. The van der Waals surface area contributed by atoms with Gasteiger partial charge in [0.15, 0.2) is 0 Å². The Labute approximate surface area is 135 Å². The highest BCUT2D eigenvalue weighted by Gasteiger charge is 2.20. The van der Waals surface area contributed by atoms with Crippen molar-refractivity contribution in [1.82, 2.24) is 15.5 Å². The molecular formula is C15H21Cl2N3O. The van der Waals surface area contributed by atoms with Crippen LogP contribution in [0.25, 0.3) is 0 Å². The zero-order valence-electron chi connectivity index (χ0n) is 12.2. The second-order valence-corrected chi connectivity index (χ2v) is 6.18. The normalized spacial score (nSPS) is 16.9. The van der Waals surface area contributed by atoms with Crippen LogP contribution >= 0.6 is 23.2 Å². The fraction of sp³-hybridized carbons (Fsp3) is 0.533. The van der Waals surface area contributed by atoms with Gasteiger partial charge in [-0.15, -0.1) is 0 Å². The molecule has 0 radical (unpaired) electrons. The molecule has 0 spiro atoms. The molecule has 0 aromatic heterocycles. The molecule has 1 aliphatic rings. The highest BCUT2D eigenvalue weighted by atomic mass is 35.5. The number of carbonyl (C=O) groups excluding carboxylic acids is 1. The maximum atomic E-state index is 11.3. The summed E-state index contributed by atoms with van der Waals surface area (Å²) in [6.07, 6.45) is 2.09. The van der Waals surface area contributed by atoms with E-state index in [-0.39, 0.29) is 5.91 Å². The van der Waals surface area contributed by atoms with Gasteiger partial charge in [0, 0.05) is 42.8 Å². The summed E-state index contributed by atoms with van der Waals surface area (Å²) in [4.78, 5) is 13.5. The van der Waals surface area contributed by atoms with Crippen LogP contribution in [0.4, 0.5) is 0 Å². The highest BCUT2D eigenvalue weighted by Crippen LogP contribution is 2.21. The molecule has 116 valence electrons. The van der Waals surface area contributed by atoms with Crippen LogP contribution in [-0.2, 0) is 11.3 Å². The number of amides is 1. The number of rotatable bonds is 5. The Bertz CT molecular complexity index is 488. The first-order valence-corrected chi connectivity index (χ1v) is 7.94. The van der Waals surface area contributed by atoms with Crippen LogP contribution in [-0.4, -0.2) is 43.5 Å². The van der Waals surface area contributed by atoms with Crippen molar-refractivity contribution in [2.45, 2.75) is 25.4 Å². The molecule has 0 aliphatic carbocycles. The Morgan fingerprint density at radius 3 is 2.67 bits per heavy atom. The number of benzene rings is 1. The molecule has 1 saturated heterocycles. The average molecular weight is 330 g/mol. The molecule has 2 N–H and O–H groups in total. The molecule has 0 unspecified atom stereocenters. The van der Waals surface area contributed by atoms with Crippen LogP contribution in [0.5, 0.6) is 0 Å². The first-order chi connectivity index (χ1) is 10.1. The first kappa shape index (κ1) is 16.6. The summed E-state index contributed by atoms with van der Waals surface area (Å²) in [6, 6.07) is 6.05. The lowest BCUT2D eigenvalue weighted by Gasteiger charge is -2.32. The van der Waals surface area contributed by atoms with E-state index in [4.69, 9.17) is 23.2 Å². The molecule has 0 atom stereocenters. The standard InChI is InChI=1S/C15H21Cl2N3O/c1-18-15(21)10-20-6-4-13(5-7-20)19-9-11-2-3-12(16)8-14(11)17/h2-3,8,13,19H,4-7,9-10H2,1H3,(H,18,21). The van der Waals surface area contributed by atoms with Gasteiger partial charge in [-0.05, 0) is 30.5 Å². The summed E-state index contributed by atoms with van der Waals surface area (Å²) >= 11 is 12.1. The Hall–Kier alpha value is -0.810. The van der Waals surface area contributed by atoms with E-state index in [1.54, 1.807) is 13.1 Å². The van der Waals surface area contributed by atoms with E-state index in [0.717, 1.165) is 38.0 Å². The topological polar surface area (TPSA) is 44.4 Å². The predicted molar refractivity (Wildman–Crippen MR) is 86.8 cm³/mol. The first-order valence-electron chi connectivity index (χ1n) is 7.18. The van der Waals surface area contributed by atoms with Crippen molar-refractivity contribution in [1.29, 1.82) is 0 Å². The Balaban J connectivity index is 1.75. The van der Waals surface area contributed by atoms with E-state index >= 15 is 0 Å². The smallest absolute Gasteiger partial charge is 0.233 e. The molecule has 1 aromatic rings. The number of halogens is 2. The Morgan fingerprint density at radius 1 is 1.33 bits per heavy atom. The molecule has 1 aromatic carbocycles. The molecule has 0 saturated carbocycles. The van der Waals surface area contributed by atoms with Crippen molar-refractivity contribution in [3.05, 3.63) is 33.8 Å². The van der Waals surface area contributed by atoms with Gasteiger partial charge >= 0.3 is 0 Å². The van der Waals surface area contributed by atoms with Crippen molar-refractivity contribution >= 4 is 29.1 Å². The van der Waals surface area contributed by atoms with Gasteiger partial charge in [-0.25, -0.2) is 0 Å². The van der Waals surface area contributed by atoms with Gasteiger partial charge in [-0.3, -0.25) is 9.69 Å². The summed E-state index contributed by atoms with van der Waals surface area (Å²) in [7, 11) is 1.67. The van der Waals surface area contributed by atoms with Crippen LogP contribution in [0.2, 0.25) is 10.0 Å². The lowest BCUT2D eigenvalue weighted by molar-refractivity contribution is -0.122. The lowest BCUT2D eigenvalue weighted by Crippen LogP contribution is -2.45. The Morgan fingerprint density at radius 2 is 2.05 bits per heavy atom. The van der Waals surface area contributed by atoms with Crippen molar-refractivity contribution in [2.75, 3.05) is 26.7 Å². The van der Waals surface area contributed by atoms with E-state index in [2.05, 4.69) is 15.5 Å². The van der Waals surface area contributed by atoms with Crippen LogP contribution in [0, 0.1) is 0 Å². The van der Waals surface area contributed by atoms with Crippen LogP contribution < -0.4 is 10.6 Å². The van der Waals surface area contributed by atoms with E-state index in [0.29, 0.717) is 22.6 Å². The number of hydrogen-bond acceptors (Lipinski definition) is 3. The number of likely N-dealkylation sites (tertiary alicyclic amines) is 1. The summed E-state index contributed by atoms with van der Waals surface area (Å²) in [6.45, 7) is 3.13. The molecule has 1 amide bonds. The van der Waals surface area contributed by atoms with Gasteiger partial charge in [0.05, 0.1) is 6.54 Å². The maximum absolute atomic E-state index is 11.3. The zero-order valence-corrected chi connectivity index (χ0v) is 13.7. The summed E-state index contributed by atoms with van der Waals surface area (Å²) in [5.41, 5.74) is 1.06. The number of hydrogen-bond donors (Lipinski definition) is 2. The predicted octanol–water partition coefficient (Wildman–Crippen LogP) is 2.29. The molecule has 1 fully saturated rings. The van der Waals surface area contributed by atoms with E-state index in [9.17, 15) is 4.79 Å². The van der Waals surface area contributed by atoms with Gasteiger partial charge in [0.2, 0.25) is 5.91 Å². The van der Waals surface area contributed by atoms with Gasteiger partial charge < -0.3 is 10.6 Å². The third-order valence-corrected chi connectivity index (χ3v) is 4.42. The molecule has 4 nitrogen and oxygen atoms in total. The van der Waals surface area contributed by atoms with Gasteiger partial charge in [-0.1, -0.05) is 29.3 Å². The zero-order chi connectivity index (χ0) is 15.2. The summed E-state index contributed by atoms with van der Waals surface area (Å²) in [5.74, 6) is 0.0781. The SMILES string of the molecule is CNC(=O)CN1CCC(NCc2ccc(Cl)cc2Cl)CC1. The van der Waals surface area contributed by atoms with Gasteiger partial charge in [-0.2, -0.15) is 0 Å². The summed E-state index contributed by atoms with van der Waals surface area (Å²) < 4.78 is 0. The minimum Gasteiger partial charge on any atom is -0.358 e. The number of likely N-dealkylation sites (N-methyl/N-ethyl adjacent to an activating group) is 1. The Kier molecular flexibility index (Phi) is 6.30. The van der Waals surface area contributed by atoms with Crippen LogP contribution in [0.1, 0.15) is 18.4 Å². The molecule has 1 heterocycles. The van der Waals surface area contributed by atoms with Crippen molar-refractivity contribution in [2.24, 2.45) is 0 Å². The molecule has 21 heavy (non-hydrogen) atoms. The second kappa shape index (κ2) is 7.99. The van der Waals surface area contributed by atoms with Crippen LogP contribution in [0.15, 0.2) is 18.2 Å². The number of piperidine rings is 1. The van der Waals surface area contributed by atoms with Crippen molar-refractivity contribution in [3.63, 3.8) is 0 Å². The average Bonchev–Trinajstić information content (AvgIpc) is 2.48. The molecule has 1 aliphatic heterocycles. The van der Waals surface area contributed by atoms with E-state index < -0.39 is 0 Å². The van der Waals surface area contributed by atoms with Crippen molar-refractivity contribution in [3.8, 4) is 0 Å². The van der Waals surface area contributed by atoms with E-state index in [1.165, 1.54) is 0 Å². The minimum atomic E-state index is 0.0781.